The van der Waals surface area contributed by atoms with Gasteiger partial charge in [-0.15, -0.1) is 0 Å². The van der Waals surface area contributed by atoms with E-state index in [0.29, 0.717) is 0 Å². The lowest BCUT2D eigenvalue weighted by Crippen LogP contribution is -2.33. The van der Waals surface area contributed by atoms with E-state index < -0.39 is 5.78 Å². The van der Waals surface area contributed by atoms with E-state index in [4.69, 9.17) is 5.26 Å². The zero-order chi connectivity index (χ0) is 8.43. The van der Waals surface area contributed by atoms with Crippen LogP contribution in [0.2, 0.25) is 0 Å². The second-order valence-corrected chi connectivity index (χ2v) is 2.08. The number of Topliss-reactive ketones (excluding diaryl/α,β-unsaturated/α-hetero) is 1. The molecular formula is C6H5N3O2. The van der Waals surface area contributed by atoms with Crippen molar-refractivity contribution in [1.82, 2.24) is 5.01 Å². The first-order chi connectivity index (χ1) is 5.15. The predicted octanol–water partition coefficient (Wildman–Crippen LogP) is -0.703. The molecule has 11 heavy (non-hydrogen) atoms. The van der Waals surface area contributed by atoms with Crippen LogP contribution in [0, 0.1) is 11.3 Å². The second kappa shape index (κ2) is 2.50. The Balaban J connectivity index is 2.99. The molecule has 0 atom stereocenters. The Bertz CT molecular complexity index is 287. The third kappa shape index (κ3) is 1.24. The summed E-state index contributed by atoms with van der Waals surface area (Å²) in [7, 11) is 1.41. The van der Waals surface area contributed by atoms with E-state index in [2.05, 4.69) is 5.10 Å². The smallest absolute Gasteiger partial charge is 0.250 e. The highest BCUT2D eigenvalue weighted by molar-refractivity contribution is 6.49. The molecule has 0 fully saturated rings. The van der Waals surface area contributed by atoms with Crippen LogP contribution in [0.3, 0.4) is 0 Å². The standard InChI is InChI=1S/C6H5N3O2/c1-9-6(11)2-5(10)4(3-7)8-9/h2H2,1H3. The predicted molar refractivity (Wildman–Crippen MR) is 35.4 cm³/mol. The topological polar surface area (TPSA) is 73.5 Å². The number of hydrogen-bond acceptors (Lipinski definition) is 4. The van der Waals surface area contributed by atoms with Crippen molar-refractivity contribution in [2.45, 2.75) is 6.42 Å². The fraction of sp³-hybridized carbons (Fsp3) is 0.333. The molecule has 1 aliphatic rings. The largest absolute Gasteiger partial charge is 0.291 e. The quantitative estimate of drug-likeness (QED) is 0.429. The van der Waals surface area contributed by atoms with Crippen LogP contribution in [0.1, 0.15) is 6.42 Å². The lowest BCUT2D eigenvalue weighted by molar-refractivity contribution is -0.133. The van der Waals surface area contributed by atoms with Crippen molar-refractivity contribution in [3.05, 3.63) is 0 Å². The van der Waals surface area contributed by atoms with Gasteiger partial charge in [0.25, 0.3) is 0 Å². The van der Waals surface area contributed by atoms with Crippen LogP contribution in [0.25, 0.3) is 0 Å². The molecule has 56 valence electrons. The normalized spacial score (nSPS) is 17.8. The maximum absolute atomic E-state index is 10.8. The Morgan fingerprint density at radius 1 is 1.64 bits per heavy atom. The molecule has 0 aromatic rings. The van der Waals surface area contributed by atoms with Crippen LogP contribution < -0.4 is 0 Å². The van der Waals surface area contributed by atoms with Crippen LogP contribution in [0.4, 0.5) is 0 Å². The zero-order valence-corrected chi connectivity index (χ0v) is 5.87. The Labute approximate surface area is 62.9 Å². The monoisotopic (exact) mass is 151 g/mol. The summed E-state index contributed by atoms with van der Waals surface area (Å²) in [4.78, 5) is 21.5. The minimum absolute atomic E-state index is 0.202. The Kier molecular flexibility index (Phi) is 1.68. The van der Waals surface area contributed by atoms with Crippen LogP contribution in [-0.2, 0) is 9.59 Å². The average molecular weight is 151 g/mol. The molecule has 0 aromatic heterocycles. The molecule has 0 saturated carbocycles. The number of hydrogen-bond donors (Lipinski definition) is 0. The average Bonchev–Trinajstić information content (AvgIpc) is 1.97. The fourth-order valence-electron chi connectivity index (χ4n) is 0.682. The Morgan fingerprint density at radius 3 is 2.82 bits per heavy atom. The van der Waals surface area contributed by atoms with Gasteiger partial charge >= 0.3 is 0 Å². The number of hydrazone groups is 1. The van der Waals surface area contributed by atoms with Gasteiger partial charge < -0.3 is 0 Å². The second-order valence-electron chi connectivity index (χ2n) is 2.08. The van der Waals surface area contributed by atoms with Gasteiger partial charge in [0, 0.05) is 7.05 Å². The fourth-order valence-corrected chi connectivity index (χ4v) is 0.682. The lowest BCUT2D eigenvalue weighted by atomic mass is 10.1. The molecule has 0 bridgehead atoms. The third-order valence-electron chi connectivity index (χ3n) is 1.29. The van der Waals surface area contributed by atoms with E-state index in [1.807, 2.05) is 0 Å². The molecular weight excluding hydrogens is 146 g/mol. The molecule has 5 nitrogen and oxygen atoms in total. The van der Waals surface area contributed by atoms with Crippen molar-refractivity contribution in [2.24, 2.45) is 5.10 Å². The highest BCUT2D eigenvalue weighted by Crippen LogP contribution is 2.02. The first-order valence-electron chi connectivity index (χ1n) is 2.93. The summed E-state index contributed by atoms with van der Waals surface area (Å²) >= 11 is 0. The molecule has 0 aliphatic carbocycles. The number of rotatable bonds is 0. The maximum Gasteiger partial charge on any atom is 0.250 e. The van der Waals surface area contributed by atoms with Gasteiger partial charge in [0.2, 0.25) is 17.4 Å². The van der Waals surface area contributed by atoms with E-state index >= 15 is 0 Å². The van der Waals surface area contributed by atoms with Gasteiger partial charge in [-0.2, -0.15) is 10.4 Å². The van der Waals surface area contributed by atoms with E-state index in [1.54, 1.807) is 6.07 Å². The van der Waals surface area contributed by atoms with E-state index in [-0.39, 0.29) is 18.0 Å². The summed E-state index contributed by atoms with van der Waals surface area (Å²) in [5.41, 5.74) is -0.202. The first-order valence-corrected chi connectivity index (χ1v) is 2.93. The summed E-state index contributed by atoms with van der Waals surface area (Å²) in [5.74, 6) is -0.885. The van der Waals surface area contributed by atoms with Gasteiger partial charge in [0.15, 0.2) is 0 Å². The van der Waals surface area contributed by atoms with E-state index in [1.165, 1.54) is 7.05 Å². The molecule has 1 rings (SSSR count). The highest BCUT2D eigenvalue weighted by atomic mass is 16.2. The maximum atomic E-state index is 10.8. The van der Waals surface area contributed by atoms with Crippen molar-refractivity contribution < 1.29 is 9.59 Å². The SMILES string of the molecule is CN1N=C(C#N)C(=O)CC1=O. The molecule has 1 aliphatic heterocycles. The number of nitriles is 1. The summed E-state index contributed by atoms with van der Waals surface area (Å²) in [6, 6.07) is 1.61. The van der Waals surface area contributed by atoms with Crippen molar-refractivity contribution in [3.8, 4) is 6.07 Å². The van der Waals surface area contributed by atoms with Crippen LogP contribution in [0.5, 0.6) is 0 Å². The number of nitrogens with zero attached hydrogens (tertiary/aromatic N) is 3. The van der Waals surface area contributed by atoms with Gasteiger partial charge in [0.05, 0.1) is 6.42 Å². The molecule has 0 spiro atoms. The summed E-state index contributed by atoms with van der Waals surface area (Å²) < 4.78 is 0. The van der Waals surface area contributed by atoms with Crippen molar-refractivity contribution in [3.63, 3.8) is 0 Å². The summed E-state index contributed by atoms with van der Waals surface area (Å²) in [6.45, 7) is 0. The van der Waals surface area contributed by atoms with Gasteiger partial charge in [-0.1, -0.05) is 0 Å². The number of ketones is 1. The van der Waals surface area contributed by atoms with Gasteiger partial charge in [-0.05, 0) is 0 Å². The summed E-state index contributed by atoms with van der Waals surface area (Å²) in [5, 5.41) is 12.8. The summed E-state index contributed by atoms with van der Waals surface area (Å²) in [6.07, 6.45) is -0.247. The third-order valence-corrected chi connectivity index (χ3v) is 1.29. The number of amides is 1. The molecule has 1 amide bonds. The molecule has 0 aromatic carbocycles. The molecule has 0 unspecified atom stereocenters. The lowest BCUT2D eigenvalue weighted by Gasteiger charge is -2.14. The molecule has 0 radical (unpaired) electrons. The van der Waals surface area contributed by atoms with Crippen molar-refractivity contribution >= 4 is 17.4 Å². The highest BCUT2D eigenvalue weighted by Gasteiger charge is 2.24. The van der Waals surface area contributed by atoms with Crippen LogP contribution in [-0.4, -0.2) is 29.5 Å². The number of carbonyl (C=O) groups excluding carboxylic acids is 2. The molecule has 0 saturated heterocycles. The minimum Gasteiger partial charge on any atom is -0.291 e. The van der Waals surface area contributed by atoms with Gasteiger partial charge in [-0.25, -0.2) is 5.01 Å². The van der Waals surface area contributed by atoms with Gasteiger partial charge in [0.1, 0.15) is 6.07 Å². The molecule has 5 heteroatoms. The van der Waals surface area contributed by atoms with Crippen molar-refractivity contribution in [1.29, 1.82) is 5.26 Å². The van der Waals surface area contributed by atoms with E-state index in [9.17, 15) is 9.59 Å². The zero-order valence-electron chi connectivity index (χ0n) is 5.87. The van der Waals surface area contributed by atoms with Crippen LogP contribution >= 0.6 is 0 Å². The van der Waals surface area contributed by atoms with E-state index in [0.717, 1.165) is 5.01 Å². The number of carbonyl (C=O) groups is 2. The molecule has 0 N–H and O–H groups in total. The van der Waals surface area contributed by atoms with Gasteiger partial charge in [-0.3, -0.25) is 9.59 Å². The Hall–Kier alpha value is -1.70. The minimum atomic E-state index is -0.504. The van der Waals surface area contributed by atoms with Crippen LogP contribution in [0.15, 0.2) is 5.10 Å². The first kappa shape index (κ1) is 7.41. The van der Waals surface area contributed by atoms with Crippen molar-refractivity contribution in [2.75, 3.05) is 7.05 Å². The Morgan fingerprint density at radius 2 is 2.27 bits per heavy atom. The molecule has 1 heterocycles.